The molecule has 1 fully saturated rings. The van der Waals surface area contributed by atoms with Crippen molar-refractivity contribution in [1.29, 1.82) is 0 Å². The molecule has 6 heteroatoms. The van der Waals surface area contributed by atoms with Gasteiger partial charge in [-0.25, -0.2) is 4.72 Å². The zero-order valence-electron chi connectivity index (χ0n) is 10.9. The highest BCUT2D eigenvalue weighted by atomic mass is 32.2. The summed E-state index contributed by atoms with van der Waals surface area (Å²) in [6, 6.07) is 0.694. The minimum absolute atomic E-state index is 0.531. The van der Waals surface area contributed by atoms with Crippen molar-refractivity contribution in [3.8, 4) is 0 Å². The maximum Gasteiger partial charge on any atom is 0.279 e. The Balaban J connectivity index is 2.12. The number of unbranched alkanes of at least 4 members (excludes halogenated alkanes) is 1. The molecule has 0 atom stereocenters. The summed E-state index contributed by atoms with van der Waals surface area (Å²) in [6.45, 7) is 4.05. The Kier molecular flexibility index (Phi) is 6.40. The van der Waals surface area contributed by atoms with Gasteiger partial charge in [-0.15, -0.1) is 0 Å². The van der Waals surface area contributed by atoms with Crippen LogP contribution in [0, 0.1) is 0 Å². The summed E-state index contributed by atoms with van der Waals surface area (Å²) < 4.78 is 27.5. The molecule has 0 unspecified atom stereocenters. The van der Waals surface area contributed by atoms with Gasteiger partial charge in [-0.05, 0) is 32.2 Å². The van der Waals surface area contributed by atoms with Crippen molar-refractivity contribution in [3.63, 3.8) is 0 Å². The fourth-order valence-corrected chi connectivity index (χ4v) is 2.50. The quantitative estimate of drug-likeness (QED) is 0.570. The molecular weight excluding hydrogens is 238 g/mol. The average Bonchev–Trinajstić information content (AvgIpc) is 3.08. The van der Waals surface area contributed by atoms with Crippen molar-refractivity contribution >= 4 is 10.2 Å². The molecule has 17 heavy (non-hydrogen) atoms. The Hall–Kier alpha value is -0.170. The minimum atomic E-state index is -3.26. The van der Waals surface area contributed by atoms with Crippen molar-refractivity contribution in [2.24, 2.45) is 0 Å². The van der Waals surface area contributed by atoms with Gasteiger partial charge in [0.25, 0.3) is 10.2 Å². The lowest BCUT2D eigenvalue weighted by Crippen LogP contribution is -2.39. The van der Waals surface area contributed by atoms with Crippen LogP contribution < -0.4 is 10.0 Å². The molecule has 5 nitrogen and oxygen atoms in total. The van der Waals surface area contributed by atoms with Crippen LogP contribution in [0.3, 0.4) is 0 Å². The van der Waals surface area contributed by atoms with Gasteiger partial charge >= 0.3 is 0 Å². The zero-order valence-corrected chi connectivity index (χ0v) is 11.7. The number of hydrogen-bond donors (Lipinski definition) is 2. The van der Waals surface area contributed by atoms with Crippen molar-refractivity contribution in [1.82, 2.24) is 14.3 Å². The first-order valence-corrected chi connectivity index (χ1v) is 7.94. The van der Waals surface area contributed by atoms with Gasteiger partial charge in [0, 0.05) is 26.2 Å². The van der Waals surface area contributed by atoms with Gasteiger partial charge in [0.15, 0.2) is 0 Å². The molecule has 1 rings (SSSR count). The monoisotopic (exact) mass is 263 g/mol. The van der Waals surface area contributed by atoms with E-state index in [1.165, 1.54) is 17.1 Å². The molecule has 0 saturated heterocycles. The average molecular weight is 263 g/mol. The molecule has 0 heterocycles. The van der Waals surface area contributed by atoms with Gasteiger partial charge in [-0.1, -0.05) is 13.3 Å². The molecule has 0 amide bonds. The van der Waals surface area contributed by atoms with Crippen LogP contribution >= 0.6 is 0 Å². The lowest BCUT2D eigenvalue weighted by atomic mass is 10.3. The molecule has 1 saturated carbocycles. The highest BCUT2D eigenvalue weighted by Gasteiger charge is 2.20. The summed E-state index contributed by atoms with van der Waals surface area (Å²) in [5.41, 5.74) is 0. The Morgan fingerprint density at radius 3 is 2.53 bits per heavy atom. The van der Waals surface area contributed by atoms with E-state index in [0.717, 1.165) is 25.8 Å². The van der Waals surface area contributed by atoms with E-state index in [9.17, 15) is 8.42 Å². The number of nitrogens with zero attached hydrogens (tertiary/aromatic N) is 1. The van der Waals surface area contributed by atoms with E-state index >= 15 is 0 Å². The first kappa shape index (κ1) is 14.9. The standard InChI is InChI=1S/C11H25N3O2S/c1-3-4-9-13-17(15,16)14(2)10-5-8-12-11-6-7-11/h11-13H,3-10H2,1-2H3. The van der Waals surface area contributed by atoms with Gasteiger partial charge in [0.05, 0.1) is 0 Å². The minimum Gasteiger partial charge on any atom is -0.314 e. The van der Waals surface area contributed by atoms with Crippen LogP contribution in [0.2, 0.25) is 0 Å². The number of rotatable bonds is 10. The van der Waals surface area contributed by atoms with Crippen molar-refractivity contribution in [2.75, 3.05) is 26.7 Å². The predicted molar refractivity (Wildman–Crippen MR) is 70.1 cm³/mol. The number of nitrogens with one attached hydrogen (secondary N) is 2. The maximum atomic E-state index is 11.7. The van der Waals surface area contributed by atoms with Crippen LogP contribution in [-0.4, -0.2) is 45.4 Å². The molecule has 0 aromatic carbocycles. The van der Waals surface area contributed by atoms with Crippen LogP contribution in [0.15, 0.2) is 0 Å². The molecule has 0 aliphatic heterocycles. The van der Waals surface area contributed by atoms with Crippen LogP contribution in [0.1, 0.15) is 39.0 Å². The van der Waals surface area contributed by atoms with E-state index in [1.54, 1.807) is 7.05 Å². The lowest BCUT2D eigenvalue weighted by molar-refractivity contribution is 0.443. The highest BCUT2D eigenvalue weighted by molar-refractivity contribution is 7.87. The first-order valence-electron chi connectivity index (χ1n) is 6.50. The maximum absolute atomic E-state index is 11.7. The Labute approximate surface area is 105 Å². The normalized spacial score (nSPS) is 16.6. The van der Waals surface area contributed by atoms with E-state index in [2.05, 4.69) is 10.0 Å². The molecule has 0 aromatic heterocycles. The topological polar surface area (TPSA) is 61.4 Å². The van der Waals surface area contributed by atoms with Gasteiger partial charge < -0.3 is 5.32 Å². The second-order valence-corrected chi connectivity index (χ2v) is 6.52. The van der Waals surface area contributed by atoms with E-state index in [0.29, 0.717) is 19.1 Å². The zero-order chi connectivity index (χ0) is 12.7. The smallest absolute Gasteiger partial charge is 0.279 e. The van der Waals surface area contributed by atoms with Gasteiger partial charge in [0.2, 0.25) is 0 Å². The third-order valence-electron chi connectivity index (χ3n) is 2.89. The molecule has 102 valence electrons. The Morgan fingerprint density at radius 1 is 1.24 bits per heavy atom. The van der Waals surface area contributed by atoms with Gasteiger partial charge in [-0.2, -0.15) is 12.7 Å². The molecule has 0 aromatic rings. The van der Waals surface area contributed by atoms with Crippen LogP contribution in [0.4, 0.5) is 0 Å². The lowest BCUT2D eigenvalue weighted by Gasteiger charge is -2.17. The van der Waals surface area contributed by atoms with E-state index in [1.807, 2.05) is 6.92 Å². The summed E-state index contributed by atoms with van der Waals surface area (Å²) in [5.74, 6) is 0. The second kappa shape index (κ2) is 7.31. The highest BCUT2D eigenvalue weighted by Crippen LogP contribution is 2.18. The summed E-state index contributed by atoms with van der Waals surface area (Å²) in [5, 5.41) is 3.37. The van der Waals surface area contributed by atoms with Crippen molar-refractivity contribution in [3.05, 3.63) is 0 Å². The fourth-order valence-electron chi connectivity index (χ4n) is 1.50. The van der Waals surface area contributed by atoms with Crippen molar-refractivity contribution < 1.29 is 8.42 Å². The third-order valence-corrected chi connectivity index (χ3v) is 4.46. The summed E-state index contributed by atoms with van der Waals surface area (Å²) in [7, 11) is -1.63. The Bertz CT molecular complexity index is 302. The molecule has 1 aliphatic rings. The summed E-state index contributed by atoms with van der Waals surface area (Å²) in [4.78, 5) is 0. The van der Waals surface area contributed by atoms with Gasteiger partial charge in [0.1, 0.15) is 0 Å². The SMILES string of the molecule is CCCCNS(=O)(=O)N(C)CCCNC1CC1. The molecule has 1 aliphatic carbocycles. The predicted octanol–water partition coefficient (Wildman–Crippen LogP) is 0.695. The summed E-state index contributed by atoms with van der Waals surface area (Å²) in [6.07, 6.45) is 5.29. The van der Waals surface area contributed by atoms with Crippen LogP contribution in [0.5, 0.6) is 0 Å². The fraction of sp³-hybridized carbons (Fsp3) is 1.00. The number of hydrogen-bond acceptors (Lipinski definition) is 3. The Morgan fingerprint density at radius 2 is 1.94 bits per heavy atom. The molecule has 0 radical (unpaired) electrons. The van der Waals surface area contributed by atoms with E-state index in [-0.39, 0.29) is 0 Å². The molecule has 2 N–H and O–H groups in total. The van der Waals surface area contributed by atoms with Crippen LogP contribution in [0.25, 0.3) is 0 Å². The van der Waals surface area contributed by atoms with Crippen LogP contribution in [-0.2, 0) is 10.2 Å². The first-order chi connectivity index (χ1) is 8.06. The van der Waals surface area contributed by atoms with E-state index in [4.69, 9.17) is 0 Å². The summed E-state index contributed by atoms with van der Waals surface area (Å²) >= 11 is 0. The largest absolute Gasteiger partial charge is 0.314 e. The van der Waals surface area contributed by atoms with E-state index < -0.39 is 10.2 Å². The second-order valence-electron chi connectivity index (χ2n) is 4.66. The molecular formula is C11H25N3O2S. The van der Waals surface area contributed by atoms with Crippen molar-refractivity contribution in [2.45, 2.75) is 45.1 Å². The molecule has 0 bridgehead atoms. The molecule has 0 spiro atoms. The third kappa shape index (κ3) is 6.35. The van der Waals surface area contributed by atoms with Gasteiger partial charge in [-0.3, -0.25) is 0 Å².